The van der Waals surface area contributed by atoms with Crippen LogP contribution in [-0.2, 0) is 18.3 Å². The van der Waals surface area contributed by atoms with Gasteiger partial charge in [-0.15, -0.1) is 0 Å². The highest BCUT2D eigenvalue weighted by molar-refractivity contribution is 5.79. The Morgan fingerprint density at radius 1 is 1.19 bits per heavy atom. The van der Waals surface area contributed by atoms with Gasteiger partial charge < -0.3 is 10.0 Å². The van der Waals surface area contributed by atoms with E-state index < -0.39 is 0 Å². The zero-order valence-electron chi connectivity index (χ0n) is 15.5. The van der Waals surface area contributed by atoms with Gasteiger partial charge in [-0.25, -0.2) is 4.39 Å². The second-order valence-corrected chi connectivity index (χ2v) is 8.23. The van der Waals surface area contributed by atoms with Crippen molar-refractivity contribution >= 4 is 10.9 Å². The fraction of sp³-hybridized carbons (Fsp3) is 0.348. The van der Waals surface area contributed by atoms with Crippen LogP contribution in [0.25, 0.3) is 10.9 Å². The molecule has 138 valence electrons. The monoisotopic (exact) mass is 362 g/mol. The summed E-state index contributed by atoms with van der Waals surface area (Å²) in [6.07, 6.45) is 2.87. The minimum Gasteiger partial charge on any atom is -0.508 e. The Balaban J connectivity index is 1.66. The van der Waals surface area contributed by atoms with Crippen LogP contribution in [0.3, 0.4) is 0 Å². The molecule has 1 aliphatic carbocycles. The van der Waals surface area contributed by atoms with Crippen molar-refractivity contribution in [2.45, 2.75) is 24.7 Å². The molecule has 0 radical (unpaired) electrons. The van der Waals surface area contributed by atoms with Crippen LogP contribution in [0.15, 0.2) is 48.5 Å². The Kier molecular flexibility index (Phi) is 3.73. The van der Waals surface area contributed by atoms with Gasteiger partial charge >= 0.3 is 0 Å². The predicted octanol–water partition coefficient (Wildman–Crippen LogP) is 4.07. The normalized spacial score (nSPS) is 25.2. The number of phenolic OH excluding ortho intramolecular Hbond substituents is 1. The van der Waals surface area contributed by atoms with E-state index >= 15 is 0 Å². The molecule has 27 heavy (non-hydrogen) atoms. The van der Waals surface area contributed by atoms with E-state index in [0.29, 0.717) is 11.7 Å². The number of nitrogens with zero attached hydrogens (tertiary/aromatic N) is 2. The highest BCUT2D eigenvalue weighted by Crippen LogP contribution is 2.48. The lowest BCUT2D eigenvalue weighted by atomic mass is 9.58. The zero-order valence-corrected chi connectivity index (χ0v) is 15.5. The lowest BCUT2D eigenvalue weighted by Crippen LogP contribution is -2.53. The maximum absolute atomic E-state index is 13.7. The van der Waals surface area contributed by atoms with E-state index in [-0.39, 0.29) is 11.2 Å². The SMILES string of the molecule is CN1CC[C@@]2(c3cccc(O)c3)Cc3nc4ccc(F)cc4cc3C[C@H]2C1. The number of benzene rings is 2. The molecule has 0 amide bonds. The lowest BCUT2D eigenvalue weighted by molar-refractivity contribution is 0.0987. The van der Waals surface area contributed by atoms with Crippen LogP contribution in [0, 0.1) is 11.7 Å². The second-order valence-electron chi connectivity index (χ2n) is 8.23. The van der Waals surface area contributed by atoms with E-state index in [1.54, 1.807) is 18.2 Å². The highest BCUT2D eigenvalue weighted by Gasteiger charge is 2.47. The quantitative estimate of drug-likeness (QED) is 0.709. The molecule has 3 aromatic rings. The van der Waals surface area contributed by atoms with E-state index in [2.05, 4.69) is 24.1 Å². The van der Waals surface area contributed by atoms with Gasteiger partial charge in [0.15, 0.2) is 0 Å². The number of pyridine rings is 1. The standard InChI is InChI=1S/C23H23FN2O/c1-26-8-7-23(17-3-2-4-20(27)12-17)13-22-15(10-18(23)14-26)9-16-11-19(24)5-6-21(16)25-22/h2-6,9,11-12,18,27H,7-8,10,13-14H2,1H3/t18-,23-/m0/s1. The second kappa shape index (κ2) is 6.03. The zero-order chi connectivity index (χ0) is 18.6. The molecule has 2 heterocycles. The number of phenols is 1. The van der Waals surface area contributed by atoms with Gasteiger partial charge in [-0.05, 0) is 79.9 Å². The predicted molar refractivity (Wildman–Crippen MR) is 104 cm³/mol. The molecule has 2 aromatic carbocycles. The van der Waals surface area contributed by atoms with Crippen molar-refractivity contribution in [1.82, 2.24) is 9.88 Å². The maximum Gasteiger partial charge on any atom is 0.123 e. The average Bonchev–Trinajstić information content (AvgIpc) is 2.65. The molecule has 1 aliphatic heterocycles. The maximum atomic E-state index is 13.7. The third-order valence-corrected chi connectivity index (χ3v) is 6.57. The number of aromatic nitrogens is 1. The number of likely N-dealkylation sites (tertiary alicyclic amines) is 1. The summed E-state index contributed by atoms with van der Waals surface area (Å²) in [5.41, 5.74) is 4.43. The Labute approximate surface area is 158 Å². The minimum absolute atomic E-state index is 0.00103. The van der Waals surface area contributed by atoms with Crippen molar-refractivity contribution in [3.63, 3.8) is 0 Å². The Morgan fingerprint density at radius 2 is 2.07 bits per heavy atom. The molecule has 0 unspecified atom stereocenters. The van der Waals surface area contributed by atoms with E-state index in [1.807, 2.05) is 12.1 Å². The topological polar surface area (TPSA) is 36.4 Å². The van der Waals surface area contributed by atoms with Crippen molar-refractivity contribution in [2.75, 3.05) is 20.1 Å². The van der Waals surface area contributed by atoms with Gasteiger partial charge in [-0.3, -0.25) is 4.98 Å². The van der Waals surface area contributed by atoms with Gasteiger partial charge in [-0.2, -0.15) is 0 Å². The summed E-state index contributed by atoms with van der Waals surface area (Å²) in [5, 5.41) is 11.0. The van der Waals surface area contributed by atoms with Crippen LogP contribution in [0.2, 0.25) is 0 Å². The van der Waals surface area contributed by atoms with Crippen LogP contribution in [0.4, 0.5) is 4.39 Å². The first-order valence-corrected chi connectivity index (χ1v) is 9.60. The van der Waals surface area contributed by atoms with Gasteiger partial charge in [-0.1, -0.05) is 12.1 Å². The number of aromatic hydroxyl groups is 1. The molecule has 2 atom stereocenters. The Bertz CT molecular complexity index is 1030. The fourth-order valence-electron chi connectivity index (χ4n) is 5.15. The van der Waals surface area contributed by atoms with Crippen LogP contribution >= 0.6 is 0 Å². The first kappa shape index (κ1) is 16.7. The smallest absolute Gasteiger partial charge is 0.123 e. The molecule has 4 heteroatoms. The first-order chi connectivity index (χ1) is 13.0. The molecule has 2 aliphatic rings. The van der Waals surface area contributed by atoms with Crippen LogP contribution in [0.5, 0.6) is 5.75 Å². The van der Waals surface area contributed by atoms with Crippen LogP contribution in [-0.4, -0.2) is 35.1 Å². The van der Waals surface area contributed by atoms with Gasteiger partial charge in [0, 0.05) is 29.5 Å². The Hall–Kier alpha value is -2.46. The molecule has 1 fully saturated rings. The van der Waals surface area contributed by atoms with Crippen LogP contribution < -0.4 is 0 Å². The third kappa shape index (κ3) is 2.71. The average molecular weight is 362 g/mol. The molecular formula is C23H23FN2O. The third-order valence-electron chi connectivity index (χ3n) is 6.57. The largest absolute Gasteiger partial charge is 0.508 e. The molecule has 1 aromatic heterocycles. The number of fused-ring (bicyclic) bond motifs is 3. The van der Waals surface area contributed by atoms with E-state index in [4.69, 9.17) is 4.98 Å². The van der Waals surface area contributed by atoms with E-state index in [1.165, 1.54) is 17.2 Å². The van der Waals surface area contributed by atoms with Gasteiger partial charge in [0.2, 0.25) is 0 Å². The molecule has 0 spiro atoms. The van der Waals surface area contributed by atoms with Crippen molar-refractivity contribution < 1.29 is 9.50 Å². The number of halogens is 1. The molecule has 5 rings (SSSR count). The summed E-state index contributed by atoms with van der Waals surface area (Å²) in [5.74, 6) is 0.567. The number of hydrogen-bond acceptors (Lipinski definition) is 3. The summed E-state index contributed by atoms with van der Waals surface area (Å²) < 4.78 is 13.7. The van der Waals surface area contributed by atoms with E-state index in [0.717, 1.165) is 48.9 Å². The minimum atomic E-state index is -0.216. The first-order valence-electron chi connectivity index (χ1n) is 9.60. The van der Waals surface area contributed by atoms with Crippen molar-refractivity contribution in [2.24, 2.45) is 5.92 Å². The molecule has 0 saturated carbocycles. The summed E-state index contributed by atoms with van der Waals surface area (Å²) in [7, 11) is 2.18. The summed E-state index contributed by atoms with van der Waals surface area (Å²) >= 11 is 0. The lowest BCUT2D eigenvalue weighted by Gasteiger charge is -2.50. The van der Waals surface area contributed by atoms with Crippen LogP contribution in [0.1, 0.15) is 23.2 Å². The fourth-order valence-corrected chi connectivity index (χ4v) is 5.15. The summed E-state index contributed by atoms with van der Waals surface area (Å²) in [6.45, 7) is 2.07. The number of piperidine rings is 1. The van der Waals surface area contributed by atoms with Gasteiger partial charge in [0.1, 0.15) is 11.6 Å². The van der Waals surface area contributed by atoms with Gasteiger partial charge in [0.25, 0.3) is 0 Å². The summed E-state index contributed by atoms with van der Waals surface area (Å²) in [6, 6.07) is 14.7. The van der Waals surface area contributed by atoms with Gasteiger partial charge in [0.05, 0.1) is 5.52 Å². The molecule has 3 nitrogen and oxygen atoms in total. The molecule has 1 saturated heterocycles. The van der Waals surface area contributed by atoms with E-state index in [9.17, 15) is 9.50 Å². The van der Waals surface area contributed by atoms with Crippen molar-refractivity contribution in [1.29, 1.82) is 0 Å². The Morgan fingerprint density at radius 3 is 2.93 bits per heavy atom. The molecule has 1 N–H and O–H groups in total. The number of hydrogen-bond donors (Lipinski definition) is 1. The number of rotatable bonds is 1. The highest BCUT2D eigenvalue weighted by atomic mass is 19.1. The van der Waals surface area contributed by atoms with Crippen molar-refractivity contribution in [3.8, 4) is 5.75 Å². The van der Waals surface area contributed by atoms with Crippen molar-refractivity contribution in [3.05, 3.63) is 71.2 Å². The molecule has 0 bridgehead atoms. The summed E-state index contributed by atoms with van der Waals surface area (Å²) in [4.78, 5) is 7.31. The molecular weight excluding hydrogens is 339 g/mol.